The molecular formula is C11H11BrN2. The lowest BCUT2D eigenvalue weighted by Crippen LogP contribution is -2.08. The summed E-state index contributed by atoms with van der Waals surface area (Å²) in [5.41, 5.74) is 2.00. The average Bonchev–Trinajstić information content (AvgIpc) is 2.71. The van der Waals surface area contributed by atoms with Crippen LogP contribution in [-0.4, -0.2) is 13.1 Å². The van der Waals surface area contributed by atoms with Gasteiger partial charge in [-0.15, -0.1) is 0 Å². The van der Waals surface area contributed by atoms with E-state index in [1.165, 1.54) is 5.56 Å². The molecule has 2 rings (SSSR count). The van der Waals surface area contributed by atoms with E-state index in [1.807, 2.05) is 18.2 Å². The molecule has 1 aliphatic rings. The lowest BCUT2D eigenvalue weighted by molar-refractivity contribution is 0.759. The Morgan fingerprint density at radius 1 is 1.50 bits per heavy atom. The third-order valence-electron chi connectivity index (χ3n) is 2.63. The van der Waals surface area contributed by atoms with Crippen LogP contribution in [-0.2, 0) is 0 Å². The van der Waals surface area contributed by atoms with Gasteiger partial charge >= 0.3 is 0 Å². The van der Waals surface area contributed by atoms with Crippen LogP contribution in [0, 0.1) is 11.3 Å². The van der Waals surface area contributed by atoms with Crippen molar-refractivity contribution in [1.29, 1.82) is 5.26 Å². The largest absolute Gasteiger partial charge is 0.316 e. The Labute approximate surface area is 92.1 Å². The van der Waals surface area contributed by atoms with Crippen molar-refractivity contribution >= 4 is 15.9 Å². The smallest absolute Gasteiger partial charge is 0.0991 e. The Morgan fingerprint density at radius 3 is 3.00 bits per heavy atom. The Morgan fingerprint density at radius 2 is 2.36 bits per heavy atom. The monoisotopic (exact) mass is 250 g/mol. The highest BCUT2D eigenvalue weighted by Crippen LogP contribution is 2.29. The molecular weight excluding hydrogens is 240 g/mol. The molecule has 1 N–H and O–H groups in total. The van der Waals surface area contributed by atoms with E-state index in [0.29, 0.717) is 5.92 Å². The molecule has 0 radical (unpaired) electrons. The molecule has 1 saturated heterocycles. The molecule has 1 unspecified atom stereocenters. The van der Waals surface area contributed by atoms with Crippen LogP contribution in [0.3, 0.4) is 0 Å². The molecule has 3 heteroatoms. The molecule has 72 valence electrons. The van der Waals surface area contributed by atoms with Gasteiger partial charge < -0.3 is 5.32 Å². The fourth-order valence-corrected chi connectivity index (χ4v) is 2.42. The first-order chi connectivity index (χ1) is 6.81. The Bertz CT molecular complexity index is 375. The van der Waals surface area contributed by atoms with Crippen molar-refractivity contribution in [2.24, 2.45) is 0 Å². The number of rotatable bonds is 1. The van der Waals surface area contributed by atoms with Crippen molar-refractivity contribution in [3.8, 4) is 6.07 Å². The van der Waals surface area contributed by atoms with Crippen LogP contribution in [0.5, 0.6) is 0 Å². The van der Waals surface area contributed by atoms with E-state index < -0.39 is 0 Å². The molecule has 1 atom stereocenters. The summed E-state index contributed by atoms with van der Waals surface area (Å²) in [5, 5.41) is 12.1. The highest BCUT2D eigenvalue weighted by atomic mass is 79.9. The first-order valence-corrected chi connectivity index (χ1v) is 5.51. The Balaban J connectivity index is 2.35. The first-order valence-electron chi connectivity index (χ1n) is 4.71. The van der Waals surface area contributed by atoms with Crippen molar-refractivity contribution in [2.45, 2.75) is 12.3 Å². The topological polar surface area (TPSA) is 35.8 Å². The zero-order chi connectivity index (χ0) is 9.97. The molecule has 1 aliphatic heterocycles. The predicted molar refractivity (Wildman–Crippen MR) is 59.1 cm³/mol. The van der Waals surface area contributed by atoms with Crippen LogP contribution in [0.15, 0.2) is 22.7 Å². The molecule has 1 aromatic carbocycles. The second kappa shape index (κ2) is 4.12. The number of nitrogens with one attached hydrogen (secondary N) is 1. The van der Waals surface area contributed by atoms with Gasteiger partial charge in [0, 0.05) is 11.0 Å². The Kier molecular flexibility index (Phi) is 2.85. The fourth-order valence-electron chi connectivity index (χ4n) is 1.85. The van der Waals surface area contributed by atoms with Gasteiger partial charge in [-0.1, -0.05) is 15.9 Å². The van der Waals surface area contributed by atoms with Gasteiger partial charge in [0.15, 0.2) is 0 Å². The summed E-state index contributed by atoms with van der Waals surface area (Å²) in [4.78, 5) is 0. The second-order valence-electron chi connectivity index (χ2n) is 3.54. The van der Waals surface area contributed by atoms with Gasteiger partial charge in [-0.2, -0.15) is 5.26 Å². The summed E-state index contributed by atoms with van der Waals surface area (Å²) in [6, 6.07) is 7.97. The molecule has 1 aromatic rings. The van der Waals surface area contributed by atoms with E-state index in [2.05, 4.69) is 27.3 Å². The molecule has 14 heavy (non-hydrogen) atoms. The average molecular weight is 251 g/mol. The van der Waals surface area contributed by atoms with Gasteiger partial charge in [0.2, 0.25) is 0 Å². The maximum atomic E-state index is 8.81. The summed E-state index contributed by atoms with van der Waals surface area (Å²) in [6.45, 7) is 2.10. The molecule has 2 nitrogen and oxygen atoms in total. The Hall–Kier alpha value is -0.850. The first kappa shape index (κ1) is 9.70. The van der Waals surface area contributed by atoms with Gasteiger partial charge in [-0.05, 0) is 42.6 Å². The third kappa shape index (κ3) is 1.82. The van der Waals surface area contributed by atoms with Crippen molar-refractivity contribution in [2.75, 3.05) is 13.1 Å². The van der Waals surface area contributed by atoms with Gasteiger partial charge in [0.25, 0.3) is 0 Å². The minimum absolute atomic E-state index is 0.553. The number of nitrogens with zero attached hydrogens (tertiary/aromatic N) is 1. The molecule has 0 spiro atoms. The van der Waals surface area contributed by atoms with Gasteiger partial charge in [0.05, 0.1) is 11.6 Å². The van der Waals surface area contributed by atoms with Crippen LogP contribution >= 0.6 is 15.9 Å². The normalized spacial score (nSPS) is 20.7. The highest BCUT2D eigenvalue weighted by Gasteiger charge is 2.18. The van der Waals surface area contributed by atoms with Crippen molar-refractivity contribution in [3.05, 3.63) is 33.8 Å². The van der Waals surface area contributed by atoms with E-state index in [0.717, 1.165) is 29.5 Å². The van der Waals surface area contributed by atoms with Crippen LogP contribution < -0.4 is 5.32 Å². The van der Waals surface area contributed by atoms with Crippen LogP contribution in [0.1, 0.15) is 23.5 Å². The van der Waals surface area contributed by atoms with Crippen molar-refractivity contribution < 1.29 is 0 Å². The van der Waals surface area contributed by atoms with Crippen LogP contribution in [0.4, 0.5) is 0 Å². The summed E-state index contributed by atoms with van der Waals surface area (Å²) >= 11 is 3.53. The van der Waals surface area contributed by atoms with Gasteiger partial charge in [0.1, 0.15) is 0 Å². The fraction of sp³-hybridized carbons (Fsp3) is 0.364. The maximum absolute atomic E-state index is 8.81. The van der Waals surface area contributed by atoms with E-state index in [9.17, 15) is 0 Å². The van der Waals surface area contributed by atoms with Crippen LogP contribution in [0.2, 0.25) is 0 Å². The lowest BCUT2D eigenvalue weighted by Gasteiger charge is -2.11. The SMILES string of the molecule is N#Cc1ccc(Br)c(C2CCNC2)c1. The van der Waals surface area contributed by atoms with E-state index >= 15 is 0 Å². The van der Waals surface area contributed by atoms with Crippen molar-refractivity contribution in [1.82, 2.24) is 5.32 Å². The number of hydrogen-bond acceptors (Lipinski definition) is 2. The van der Waals surface area contributed by atoms with Crippen molar-refractivity contribution in [3.63, 3.8) is 0 Å². The number of halogens is 1. The summed E-state index contributed by atoms with van der Waals surface area (Å²) in [5.74, 6) is 0.553. The minimum Gasteiger partial charge on any atom is -0.316 e. The maximum Gasteiger partial charge on any atom is 0.0991 e. The summed E-state index contributed by atoms with van der Waals surface area (Å²) < 4.78 is 1.12. The molecule has 0 saturated carbocycles. The number of benzene rings is 1. The molecule has 0 bridgehead atoms. The van der Waals surface area contributed by atoms with E-state index in [1.54, 1.807) is 0 Å². The standard InChI is InChI=1S/C11H11BrN2/c12-11-2-1-8(6-13)5-10(11)9-3-4-14-7-9/h1-2,5,9,14H,3-4,7H2. The molecule has 0 aromatic heterocycles. The molecule has 1 heterocycles. The van der Waals surface area contributed by atoms with E-state index in [-0.39, 0.29) is 0 Å². The molecule has 1 fully saturated rings. The number of hydrogen-bond donors (Lipinski definition) is 1. The number of nitriles is 1. The lowest BCUT2D eigenvalue weighted by atomic mass is 9.97. The predicted octanol–water partition coefficient (Wildman–Crippen LogP) is 2.40. The molecule has 0 amide bonds. The summed E-state index contributed by atoms with van der Waals surface area (Å²) in [6.07, 6.45) is 1.16. The second-order valence-corrected chi connectivity index (χ2v) is 4.39. The van der Waals surface area contributed by atoms with Gasteiger partial charge in [-0.3, -0.25) is 0 Å². The third-order valence-corrected chi connectivity index (χ3v) is 3.35. The molecule has 0 aliphatic carbocycles. The zero-order valence-corrected chi connectivity index (χ0v) is 9.34. The quantitative estimate of drug-likeness (QED) is 0.831. The van der Waals surface area contributed by atoms with Crippen LogP contribution in [0.25, 0.3) is 0 Å². The van der Waals surface area contributed by atoms with E-state index in [4.69, 9.17) is 5.26 Å². The summed E-state index contributed by atoms with van der Waals surface area (Å²) in [7, 11) is 0. The minimum atomic E-state index is 0.553. The zero-order valence-electron chi connectivity index (χ0n) is 7.76. The highest BCUT2D eigenvalue weighted by molar-refractivity contribution is 9.10. The van der Waals surface area contributed by atoms with Gasteiger partial charge in [-0.25, -0.2) is 0 Å².